The number of anilines is 1. The Balaban J connectivity index is 1.35. The predicted molar refractivity (Wildman–Crippen MR) is 130 cm³/mol. The number of halogens is 3. The summed E-state index contributed by atoms with van der Waals surface area (Å²) >= 11 is 2.50. The number of hydrogen-bond acceptors (Lipinski definition) is 5. The number of carbonyl (C=O) groups is 1. The van der Waals surface area contributed by atoms with Gasteiger partial charge in [-0.3, -0.25) is 9.78 Å². The molecule has 0 unspecified atom stereocenters. The summed E-state index contributed by atoms with van der Waals surface area (Å²) in [4.78, 5) is 20.2. The number of nitrogens with zero attached hydrogens (tertiary/aromatic N) is 2. The number of amides is 1. The molecule has 0 saturated carbocycles. The van der Waals surface area contributed by atoms with E-state index in [0.29, 0.717) is 12.2 Å². The van der Waals surface area contributed by atoms with Crippen molar-refractivity contribution in [3.8, 4) is 20.9 Å². The van der Waals surface area contributed by atoms with Crippen molar-refractivity contribution in [3.63, 3.8) is 0 Å². The van der Waals surface area contributed by atoms with Crippen LogP contribution >= 0.6 is 23.3 Å². The average Bonchev–Trinajstić information content (AvgIpc) is 3.42. The van der Waals surface area contributed by atoms with E-state index in [1.54, 1.807) is 41.7 Å². The monoisotopic (exact) mass is 497 g/mol. The molecule has 0 fully saturated rings. The molecule has 2 aromatic carbocycles. The summed E-state index contributed by atoms with van der Waals surface area (Å²) in [5.74, 6) is 0.0412. The zero-order valence-electron chi connectivity index (χ0n) is 17.9. The first-order valence-corrected chi connectivity index (χ1v) is 12.0. The van der Waals surface area contributed by atoms with Crippen LogP contribution in [0.4, 0.5) is 18.9 Å². The fourth-order valence-corrected chi connectivity index (χ4v) is 5.56. The van der Waals surface area contributed by atoms with Gasteiger partial charge in [-0.25, -0.2) is 0 Å². The van der Waals surface area contributed by atoms with Crippen LogP contribution in [0.15, 0.2) is 78.0 Å². The first-order valence-electron chi connectivity index (χ1n) is 10.3. The quantitative estimate of drug-likeness (QED) is 0.296. The van der Waals surface area contributed by atoms with Crippen LogP contribution in [0.2, 0.25) is 0 Å². The third-order valence-electron chi connectivity index (χ3n) is 5.47. The van der Waals surface area contributed by atoms with Crippen molar-refractivity contribution in [2.45, 2.75) is 17.6 Å². The lowest BCUT2D eigenvalue weighted by Crippen LogP contribution is -2.17. The fourth-order valence-electron chi connectivity index (χ4n) is 3.80. The number of rotatable bonds is 5. The minimum absolute atomic E-state index is 0.0412. The molecular formula is C25H18F3N3OS2. The maximum Gasteiger partial charge on any atom is 0.417 e. The van der Waals surface area contributed by atoms with Crippen LogP contribution in [-0.4, -0.2) is 22.8 Å². The smallest absolute Gasteiger partial charge is 0.337 e. The van der Waals surface area contributed by atoms with Gasteiger partial charge in [0.1, 0.15) is 0 Å². The van der Waals surface area contributed by atoms with Crippen LogP contribution < -0.4 is 4.72 Å². The van der Waals surface area contributed by atoms with Crippen molar-refractivity contribution >= 4 is 34.9 Å². The largest absolute Gasteiger partial charge is 0.417 e. The maximum atomic E-state index is 13.2. The summed E-state index contributed by atoms with van der Waals surface area (Å²) < 4.78 is 42.7. The van der Waals surface area contributed by atoms with Gasteiger partial charge >= 0.3 is 6.18 Å². The molecule has 5 rings (SSSR count). The molecular weight excluding hydrogens is 479 g/mol. The SMILES string of the molecule is CN1Cc2cc(-c3ccc(-c4cncc(NSc5ccccc5C(F)(F)F)c4)s3)ccc2C1=O. The van der Waals surface area contributed by atoms with Crippen molar-refractivity contribution in [2.75, 3.05) is 11.8 Å². The summed E-state index contributed by atoms with van der Waals surface area (Å²) in [6.07, 6.45) is -1.11. The lowest BCUT2D eigenvalue weighted by Gasteiger charge is -2.13. The Morgan fingerprint density at radius 3 is 2.56 bits per heavy atom. The zero-order chi connectivity index (χ0) is 23.9. The van der Waals surface area contributed by atoms with Gasteiger partial charge in [-0.2, -0.15) is 13.2 Å². The number of benzene rings is 2. The molecule has 0 spiro atoms. The lowest BCUT2D eigenvalue weighted by atomic mass is 10.1. The van der Waals surface area contributed by atoms with Crippen LogP contribution in [0.5, 0.6) is 0 Å². The molecule has 1 aliphatic heterocycles. The van der Waals surface area contributed by atoms with Crippen LogP contribution in [0, 0.1) is 0 Å². The second-order valence-corrected chi connectivity index (χ2v) is 9.79. The Bertz CT molecular complexity index is 1380. The van der Waals surface area contributed by atoms with Crippen LogP contribution in [-0.2, 0) is 12.7 Å². The van der Waals surface area contributed by atoms with E-state index in [9.17, 15) is 18.0 Å². The molecule has 3 heterocycles. The molecule has 34 heavy (non-hydrogen) atoms. The highest BCUT2D eigenvalue weighted by atomic mass is 32.2. The molecule has 1 N–H and O–H groups in total. The number of fused-ring (bicyclic) bond motifs is 1. The Labute approximate surface area is 202 Å². The van der Waals surface area contributed by atoms with Gasteiger partial charge in [0.15, 0.2) is 0 Å². The third kappa shape index (κ3) is 4.41. The number of alkyl halides is 3. The van der Waals surface area contributed by atoms with E-state index >= 15 is 0 Å². The lowest BCUT2D eigenvalue weighted by molar-refractivity contribution is -0.139. The van der Waals surface area contributed by atoms with E-state index in [1.165, 1.54) is 12.1 Å². The molecule has 0 bridgehead atoms. The molecule has 0 atom stereocenters. The van der Waals surface area contributed by atoms with Gasteiger partial charge in [-0.1, -0.05) is 18.2 Å². The highest BCUT2D eigenvalue weighted by Crippen LogP contribution is 2.39. The van der Waals surface area contributed by atoms with Crippen molar-refractivity contribution < 1.29 is 18.0 Å². The van der Waals surface area contributed by atoms with Gasteiger partial charge in [-0.15, -0.1) is 11.3 Å². The molecule has 0 saturated heterocycles. The van der Waals surface area contributed by atoms with Crippen molar-refractivity contribution in [3.05, 3.63) is 89.7 Å². The average molecular weight is 498 g/mol. The Kier molecular flexibility index (Phi) is 5.83. The second-order valence-electron chi connectivity index (χ2n) is 7.86. The first-order chi connectivity index (χ1) is 16.3. The number of carbonyl (C=O) groups excluding carboxylic acids is 1. The van der Waals surface area contributed by atoms with E-state index in [0.717, 1.165) is 50.0 Å². The molecule has 4 nitrogen and oxygen atoms in total. The van der Waals surface area contributed by atoms with Gasteiger partial charge in [0.2, 0.25) is 0 Å². The van der Waals surface area contributed by atoms with Gasteiger partial charge in [0.25, 0.3) is 5.91 Å². The van der Waals surface area contributed by atoms with Crippen molar-refractivity contribution in [2.24, 2.45) is 0 Å². The first kappa shape index (κ1) is 22.5. The second kappa shape index (κ2) is 8.81. The van der Waals surface area contributed by atoms with E-state index < -0.39 is 11.7 Å². The standard InChI is InChI=1S/C25H18F3N3OS2/c1-31-14-17-10-15(6-7-19(17)24(31)32)21-8-9-22(33-21)16-11-18(13-29-12-16)30-34-23-5-3-2-4-20(23)25(26,27)28/h2-13,30H,14H2,1H3. The fraction of sp³-hybridized carbons (Fsp3) is 0.120. The molecule has 1 amide bonds. The van der Waals surface area contributed by atoms with Gasteiger partial charge in [-0.05, 0) is 65.5 Å². The third-order valence-corrected chi connectivity index (χ3v) is 7.57. The van der Waals surface area contributed by atoms with Gasteiger partial charge in [0, 0.05) is 45.6 Å². The summed E-state index contributed by atoms with van der Waals surface area (Å²) in [6, 6.07) is 17.2. The summed E-state index contributed by atoms with van der Waals surface area (Å²) in [7, 11) is 1.79. The van der Waals surface area contributed by atoms with Crippen LogP contribution in [0.25, 0.3) is 20.9 Å². The molecule has 1 aliphatic rings. The van der Waals surface area contributed by atoms with Crippen molar-refractivity contribution in [1.29, 1.82) is 0 Å². The number of hydrogen-bond donors (Lipinski definition) is 1. The van der Waals surface area contributed by atoms with E-state index in [1.807, 2.05) is 30.3 Å². The number of thiophene rings is 1. The zero-order valence-corrected chi connectivity index (χ0v) is 19.5. The number of pyridine rings is 1. The van der Waals surface area contributed by atoms with E-state index in [2.05, 4.69) is 15.8 Å². The summed E-state index contributed by atoms with van der Waals surface area (Å²) in [6.45, 7) is 0.604. The molecule has 172 valence electrons. The van der Waals surface area contributed by atoms with E-state index in [-0.39, 0.29) is 10.8 Å². The normalized spacial score (nSPS) is 13.3. The van der Waals surface area contributed by atoms with Gasteiger partial charge < -0.3 is 9.62 Å². The minimum atomic E-state index is -4.42. The summed E-state index contributed by atoms with van der Waals surface area (Å²) in [5.41, 5.74) is 3.59. The predicted octanol–water partition coefficient (Wildman–Crippen LogP) is 7.20. The maximum absolute atomic E-state index is 13.2. The molecule has 9 heteroatoms. The highest BCUT2D eigenvalue weighted by Gasteiger charge is 2.33. The molecule has 4 aromatic rings. The number of aromatic nitrogens is 1. The Hall–Kier alpha value is -3.30. The highest BCUT2D eigenvalue weighted by molar-refractivity contribution is 8.00. The van der Waals surface area contributed by atoms with Crippen LogP contribution in [0.3, 0.4) is 0 Å². The summed E-state index contributed by atoms with van der Waals surface area (Å²) in [5, 5.41) is 0. The number of nitrogens with one attached hydrogen (secondary N) is 1. The van der Waals surface area contributed by atoms with Gasteiger partial charge in [0.05, 0.1) is 17.4 Å². The Morgan fingerprint density at radius 2 is 1.76 bits per heavy atom. The minimum Gasteiger partial charge on any atom is -0.337 e. The van der Waals surface area contributed by atoms with E-state index in [4.69, 9.17) is 0 Å². The molecule has 0 radical (unpaired) electrons. The molecule has 2 aromatic heterocycles. The Morgan fingerprint density at radius 1 is 1.00 bits per heavy atom. The molecule has 0 aliphatic carbocycles. The van der Waals surface area contributed by atoms with Crippen LogP contribution in [0.1, 0.15) is 21.5 Å². The topological polar surface area (TPSA) is 45.2 Å². The van der Waals surface area contributed by atoms with Crippen molar-refractivity contribution in [1.82, 2.24) is 9.88 Å².